The molecule has 0 bridgehead atoms. The molecule has 1 fully saturated rings. The summed E-state index contributed by atoms with van der Waals surface area (Å²) < 4.78 is 17.2. The van der Waals surface area contributed by atoms with Crippen molar-refractivity contribution in [3.63, 3.8) is 0 Å². The summed E-state index contributed by atoms with van der Waals surface area (Å²) >= 11 is 3.38. The van der Waals surface area contributed by atoms with Crippen LogP contribution in [0.5, 0.6) is 0 Å². The van der Waals surface area contributed by atoms with E-state index in [4.69, 9.17) is 4.98 Å². The first-order valence-electron chi connectivity index (χ1n) is 9.43. The molecule has 5 rings (SSSR count). The quantitative estimate of drug-likeness (QED) is 0.491. The van der Waals surface area contributed by atoms with Crippen molar-refractivity contribution >= 4 is 48.1 Å². The van der Waals surface area contributed by atoms with Gasteiger partial charge in [-0.15, -0.1) is 11.3 Å². The number of rotatable bonds is 3. The van der Waals surface area contributed by atoms with Crippen LogP contribution in [0.15, 0.2) is 24.4 Å². The van der Waals surface area contributed by atoms with Crippen molar-refractivity contribution in [1.29, 1.82) is 0 Å². The van der Waals surface area contributed by atoms with Crippen molar-refractivity contribution in [3.8, 4) is 10.6 Å². The van der Waals surface area contributed by atoms with E-state index in [9.17, 15) is 4.39 Å². The van der Waals surface area contributed by atoms with Crippen LogP contribution in [0.4, 0.5) is 9.39 Å². The number of anilines is 1. The summed E-state index contributed by atoms with van der Waals surface area (Å²) in [6, 6.07) is 6.45. The zero-order valence-electron chi connectivity index (χ0n) is 16.1. The van der Waals surface area contributed by atoms with E-state index in [1.165, 1.54) is 22.5 Å². The number of nitrogens with zero attached hydrogens (tertiary/aromatic N) is 5. The Balaban J connectivity index is 1.42. The molecule has 4 heterocycles. The summed E-state index contributed by atoms with van der Waals surface area (Å²) in [4.78, 5) is 10.6. The standard InChI is InChI=1S/C20H22FN5S2/c1-24(2)14-4-6-26(7-5-14)17-10-16-20(28-17)22-19(27-16)12-8-13-11-25(3)23-18(13)15(21)9-12/h8-11,14H,4-7H2,1-3H3. The van der Waals surface area contributed by atoms with Gasteiger partial charge in [0.1, 0.15) is 15.4 Å². The fraction of sp³-hybridized carbons (Fsp3) is 0.400. The van der Waals surface area contributed by atoms with Gasteiger partial charge in [-0.1, -0.05) is 11.3 Å². The second-order valence-electron chi connectivity index (χ2n) is 7.65. The minimum Gasteiger partial charge on any atom is -0.363 e. The Kier molecular flexibility index (Phi) is 4.37. The Bertz CT molecular complexity index is 1120. The Labute approximate surface area is 171 Å². The minimum absolute atomic E-state index is 0.295. The number of piperidine rings is 1. The summed E-state index contributed by atoms with van der Waals surface area (Å²) in [5.41, 5.74) is 1.23. The van der Waals surface area contributed by atoms with Crippen LogP contribution in [-0.2, 0) is 7.05 Å². The lowest BCUT2D eigenvalue weighted by molar-refractivity contribution is 0.250. The van der Waals surface area contributed by atoms with Gasteiger partial charge < -0.3 is 9.80 Å². The van der Waals surface area contributed by atoms with Crippen LogP contribution < -0.4 is 4.90 Å². The number of hydrogen-bond donors (Lipinski definition) is 0. The van der Waals surface area contributed by atoms with E-state index in [-0.39, 0.29) is 5.82 Å². The van der Waals surface area contributed by atoms with Crippen LogP contribution in [0.2, 0.25) is 0 Å². The molecule has 28 heavy (non-hydrogen) atoms. The fourth-order valence-electron chi connectivity index (χ4n) is 3.94. The van der Waals surface area contributed by atoms with Crippen molar-refractivity contribution < 1.29 is 4.39 Å². The van der Waals surface area contributed by atoms with Crippen molar-refractivity contribution in [1.82, 2.24) is 19.7 Å². The maximum absolute atomic E-state index is 14.4. The van der Waals surface area contributed by atoms with Gasteiger partial charge in [0.05, 0.1) is 9.70 Å². The normalized spacial score (nSPS) is 16.1. The molecule has 5 nitrogen and oxygen atoms in total. The van der Waals surface area contributed by atoms with Crippen LogP contribution in [-0.4, -0.2) is 52.9 Å². The molecule has 146 valence electrons. The first kappa shape index (κ1) is 18.0. The van der Waals surface area contributed by atoms with Gasteiger partial charge in [0.15, 0.2) is 5.82 Å². The van der Waals surface area contributed by atoms with E-state index < -0.39 is 0 Å². The number of aryl methyl sites for hydroxylation is 1. The SMILES string of the molecule is CN(C)C1CCN(c2cc3sc(-c4cc(F)c5nn(C)cc5c4)nc3s2)CC1. The van der Waals surface area contributed by atoms with E-state index in [1.54, 1.807) is 40.5 Å². The van der Waals surface area contributed by atoms with Gasteiger partial charge in [-0.3, -0.25) is 4.68 Å². The first-order valence-corrected chi connectivity index (χ1v) is 11.1. The van der Waals surface area contributed by atoms with Gasteiger partial charge in [-0.05, 0) is 45.1 Å². The minimum atomic E-state index is -0.295. The van der Waals surface area contributed by atoms with E-state index in [2.05, 4.69) is 35.1 Å². The number of hydrogen-bond acceptors (Lipinski definition) is 6. The first-order chi connectivity index (χ1) is 13.5. The number of aromatic nitrogens is 3. The molecular formula is C20H22FN5S2. The molecule has 1 saturated heterocycles. The highest BCUT2D eigenvalue weighted by Gasteiger charge is 2.23. The zero-order chi connectivity index (χ0) is 19.4. The van der Waals surface area contributed by atoms with Crippen molar-refractivity contribution in [2.24, 2.45) is 7.05 Å². The Morgan fingerprint density at radius 2 is 1.93 bits per heavy atom. The van der Waals surface area contributed by atoms with Crippen LogP contribution in [0.1, 0.15) is 12.8 Å². The molecule has 0 unspecified atom stereocenters. The third-order valence-electron chi connectivity index (χ3n) is 5.51. The van der Waals surface area contributed by atoms with E-state index in [1.807, 2.05) is 12.3 Å². The third kappa shape index (κ3) is 3.09. The molecule has 0 amide bonds. The van der Waals surface area contributed by atoms with Gasteiger partial charge in [-0.2, -0.15) is 5.10 Å². The largest absolute Gasteiger partial charge is 0.363 e. The number of thiazole rings is 1. The van der Waals surface area contributed by atoms with E-state index in [0.717, 1.165) is 33.9 Å². The molecule has 1 aliphatic rings. The van der Waals surface area contributed by atoms with Gasteiger partial charge in [-0.25, -0.2) is 9.37 Å². The Morgan fingerprint density at radius 3 is 2.64 bits per heavy atom. The predicted octanol–water partition coefficient (Wildman–Crippen LogP) is 4.58. The predicted molar refractivity (Wildman–Crippen MR) is 116 cm³/mol. The van der Waals surface area contributed by atoms with Crippen LogP contribution in [0.25, 0.3) is 31.0 Å². The lowest BCUT2D eigenvalue weighted by Crippen LogP contribution is -2.41. The van der Waals surface area contributed by atoms with E-state index >= 15 is 0 Å². The second kappa shape index (κ2) is 6.79. The molecule has 0 spiro atoms. The molecule has 0 aliphatic carbocycles. The molecule has 0 saturated carbocycles. The van der Waals surface area contributed by atoms with Crippen molar-refractivity contribution in [2.75, 3.05) is 32.1 Å². The van der Waals surface area contributed by atoms with Crippen LogP contribution in [0, 0.1) is 5.82 Å². The summed E-state index contributed by atoms with van der Waals surface area (Å²) in [7, 11) is 6.14. The summed E-state index contributed by atoms with van der Waals surface area (Å²) in [6.07, 6.45) is 4.23. The smallest absolute Gasteiger partial charge is 0.152 e. The number of halogens is 1. The lowest BCUT2D eigenvalue weighted by atomic mass is 10.0. The molecule has 0 N–H and O–H groups in total. The lowest BCUT2D eigenvalue weighted by Gasteiger charge is -2.35. The highest BCUT2D eigenvalue weighted by Crippen LogP contribution is 2.40. The number of benzene rings is 1. The van der Waals surface area contributed by atoms with Crippen molar-refractivity contribution in [3.05, 3.63) is 30.2 Å². The average Bonchev–Trinajstić information content (AvgIpc) is 3.33. The molecule has 0 atom stereocenters. The summed E-state index contributed by atoms with van der Waals surface area (Å²) in [6.45, 7) is 2.18. The monoisotopic (exact) mass is 415 g/mol. The second-order valence-corrected chi connectivity index (χ2v) is 9.69. The van der Waals surface area contributed by atoms with Gasteiger partial charge in [0.25, 0.3) is 0 Å². The van der Waals surface area contributed by atoms with Gasteiger partial charge in [0, 0.05) is 43.3 Å². The summed E-state index contributed by atoms with van der Waals surface area (Å²) in [5, 5.41) is 7.15. The van der Waals surface area contributed by atoms with Gasteiger partial charge in [0.2, 0.25) is 0 Å². The summed E-state index contributed by atoms with van der Waals surface area (Å²) in [5.74, 6) is -0.295. The Hall–Kier alpha value is -2.03. The topological polar surface area (TPSA) is 37.2 Å². The zero-order valence-corrected chi connectivity index (χ0v) is 17.8. The molecule has 1 aliphatic heterocycles. The molecule has 0 radical (unpaired) electrons. The highest BCUT2D eigenvalue weighted by molar-refractivity contribution is 7.30. The molecule has 3 aromatic heterocycles. The molecular weight excluding hydrogens is 393 g/mol. The number of fused-ring (bicyclic) bond motifs is 2. The molecule has 1 aromatic carbocycles. The van der Waals surface area contributed by atoms with Crippen LogP contribution >= 0.6 is 22.7 Å². The molecule has 8 heteroatoms. The maximum atomic E-state index is 14.4. The van der Waals surface area contributed by atoms with Crippen molar-refractivity contribution in [2.45, 2.75) is 18.9 Å². The fourth-order valence-corrected chi connectivity index (χ4v) is 6.19. The third-order valence-corrected chi connectivity index (χ3v) is 7.78. The Morgan fingerprint density at radius 1 is 1.14 bits per heavy atom. The van der Waals surface area contributed by atoms with Crippen LogP contribution in [0.3, 0.4) is 0 Å². The highest BCUT2D eigenvalue weighted by atomic mass is 32.1. The maximum Gasteiger partial charge on any atom is 0.152 e. The number of thiophene rings is 1. The average molecular weight is 416 g/mol. The molecule has 4 aromatic rings. The van der Waals surface area contributed by atoms with Gasteiger partial charge >= 0.3 is 0 Å². The van der Waals surface area contributed by atoms with E-state index in [0.29, 0.717) is 11.6 Å².